The lowest BCUT2D eigenvalue weighted by molar-refractivity contribution is 0.124. The van der Waals surface area contributed by atoms with Crippen LogP contribution in [0.2, 0.25) is 0 Å². The summed E-state index contributed by atoms with van der Waals surface area (Å²) in [6.45, 7) is 0.936. The highest BCUT2D eigenvalue weighted by Gasteiger charge is 2.30. The zero-order valence-electron chi connectivity index (χ0n) is 6.84. The second-order valence-corrected chi connectivity index (χ2v) is 3.01. The second-order valence-electron chi connectivity index (χ2n) is 3.01. The normalized spacial score (nSPS) is 29.5. The summed E-state index contributed by atoms with van der Waals surface area (Å²) in [5.41, 5.74) is 0. The Bertz CT molecular complexity index is 273. The fourth-order valence-corrected chi connectivity index (χ4v) is 1.42. The average Bonchev–Trinajstić information content (AvgIpc) is 2.59. The van der Waals surface area contributed by atoms with Crippen molar-refractivity contribution in [1.29, 1.82) is 0 Å². The Labute approximate surface area is 70.0 Å². The molecule has 1 fully saturated rings. The SMILES string of the molecule is Cn1cnnc1C1COCC1O. The van der Waals surface area contributed by atoms with Crippen LogP contribution in [0.5, 0.6) is 0 Å². The number of aryl methyl sites for hydroxylation is 1. The summed E-state index contributed by atoms with van der Waals surface area (Å²) < 4.78 is 6.93. The number of hydrogen-bond donors (Lipinski definition) is 1. The van der Waals surface area contributed by atoms with E-state index in [0.717, 1.165) is 5.82 Å². The van der Waals surface area contributed by atoms with E-state index in [1.165, 1.54) is 0 Å². The van der Waals surface area contributed by atoms with Crippen molar-refractivity contribution in [2.24, 2.45) is 7.05 Å². The van der Waals surface area contributed by atoms with Crippen molar-refractivity contribution in [3.05, 3.63) is 12.2 Å². The third-order valence-corrected chi connectivity index (χ3v) is 2.13. The average molecular weight is 169 g/mol. The van der Waals surface area contributed by atoms with Crippen molar-refractivity contribution in [3.63, 3.8) is 0 Å². The van der Waals surface area contributed by atoms with Gasteiger partial charge in [-0.1, -0.05) is 0 Å². The van der Waals surface area contributed by atoms with Crippen LogP contribution in [-0.2, 0) is 11.8 Å². The van der Waals surface area contributed by atoms with Gasteiger partial charge in [0.1, 0.15) is 12.2 Å². The van der Waals surface area contributed by atoms with Gasteiger partial charge in [0.15, 0.2) is 0 Å². The molecule has 2 heterocycles. The number of aromatic nitrogens is 3. The molecule has 1 aliphatic heterocycles. The molecular formula is C7H11N3O2. The van der Waals surface area contributed by atoms with E-state index in [1.807, 2.05) is 11.6 Å². The zero-order chi connectivity index (χ0) is 8.55. The van der Waals surface area contributed by atoms with Gasteiger partial charge in [-0.05, 0) is 0 Å². The maximum Gasteiger partial charge on any atom is 0.140 e. The van der Waals surface area contributed by atoms with Crippen molar-refractivity contribution in [3.8, 4) is 0 Å². The number of ether oxygens (including phenoxy) is 1. The third-order valence-electron chi connectivity index (χ3n) is 2.13. The van der Waals surface area contributed by atoms with E-state index in [9.17, 15) is 5.11 Å². The van der Waals surface area contributed by atoms with E-state index in [0.29, 0.717) is 13.2 Å². The highest BCUT2D eigenvalue weighted by Crippen LogP contribution is 2.22. The van der Waals surface area contributed by atoms with Crippen LogP contribution in [0.1, 0.15) is 11.7 Å². The van der Waals surface area contributed by atoms with Gasteiger partial charge in [0, 0.05) is 7.05 Å². The molecule has 66 valence electrons. The lowest BCUT2D eigenvalue weighted by Gasteiger charge is -2.09. The van der Waals surface area contributed by atoms with E-state index >= 15 is 0 Å². The maximum absolute atomic E-state index is 9.48. The fourth-order valence-electron chi connectivity index (χ4n) is 1.42. The first kappa shape index (κ1) is 7.70. The van der Waals surface area contributed by atoms with Crippen LogP contribution < -0.4 is 0 Å². The number of hydrogen-bond acceptors (Lipinski definition) is 4. The standard InChI is InChI=1S/C7H11N3O2/c1-10-4-8-9-7(10)5-2-12-3-6(5)11/h4-6,11H,2-3H2,1H3. The van der Waals surface area contributed by atoms with Crippen LogP contribution in [0, 0.1) is 0 Å². The van der Waals surface area contributed by atoms with Crippen LogP contribution >= 0.6 is 0 Å². The van der Waals surface area contributed by atoms with E-state index < -0.39 is 6.10 Å². The lowest BCUT2D eigenvalue weighted by atomic mass is 10.1. The zero-order valence-corrected chi connectivity index (χ0v) is 6.84. The van der Waals surface area contributed by atoms with Crippen LogP contribution in [0.4, 0.5) is 0 Å². The molecule has 12 heavy (non-hydrogen) atoms. The van der Waals surface area contributed by atoms with Gasteiger partial charge in [-0.15, -0.1) is 10.2 Å². The largest absolute Gasteiger partial charge is 0.390 e. The quantitative estimate of drug-likeness (QED) is 0.603. The smallest absolute Gasteiger partial charge is 0.140 e. The number of aliphatic hydroxyl groups excluding tert-OH is 1. The van der Waals surface area contributed by atoms with Gasteiger partial charge in [-0.2, -0.15) is 0 Å². The molecule has 5 heteroatoms. The summed E-state index contributed by atoms with van der Waals surface area (Å²) >= 11 is 0. The number of aliphatic hydroxyl groups is 1. The van der Waals surface area contributed by atoms with Crippen LogP contribution in [-0.4, -0.2) is 39.2 Å². The predicted octanol–water partition coefficient (Wildman–Crippen LogP) is -0.710. The first-order valence-electron chi connectivity index (χ1n) is 3.88. The van der Waals surface area contributed by atoms with Gasteiger partial charge in [-0.3, -0.25) is 0 Å². The Morgan fingerprint density at radius 2 is 2.50 bits per heavy atom. The topological polar surface area (TPSA) is 60.2 Å². The highest BCUT2D eigenvalue weighted by molar-refractivity contribution is 5.01. The van der Waals surface area contributed by atoms with E-state index in [-0.39, 0.29) is 5.92 Å². The van der Waals surface area contributed by atoms with Gasteiger partial charge >= 0.3 is 0 Å². The van der Waals surface area contributed by atoms with Gasteiger partial charge in [0.2, 0.25) is 0 Å². The highest BCUT2D eigenvalue weighted by atomic mass is 16.5. The molecule has 1 aliphatic rings. The Balaban J connectivity index is 2.24. The van der Waals surface area contributed by atoms with Gasteiger partial charge in [0.25, 0.3) is 0 Å². The minimum atomic E-state index is -0.437. The van der Waals surface area contributed by atoms with Crippen LogP contribution in [0.3, 0.4) is 0 Å². The molecular weight excluding hydrogens is 158 g/mol. The summed E-state index contributed by atoms with van der Waals surface area (Å²) in [4.78, 5) is 0. The van der Waals surface area contributed by atoms with Crippen molar-refractivity contribution in [2.75, 3.05) is 13.2 Å². The molecule has 1 aromatic rings. The third kappa shape index (κ3) is 1.11. The van der Waals surface area contributed by atoms with Gasteiger partial charge < -0.3 is 14.4 Å². The Hall–Kier alpha value is -0.940. The van der Waals surface area contributed by atoms with Crippen molar-refractivity contribution < 1.29 is 9.84 Å². The van der Waals surface area contributed by atoms with E-state index in [1.54, 1.807) is 6.33 Å². The molecule has 1 aromatic heterocycles. The molecule has 2 rings (SSSR count). The number of nitrogens with zero attached hydrogens (tertiary/aromatic N) is 3. The molecule has 0 aromatic carbocycles. The summed E-state index contributed by atoms with van der Waals surface area (Å²) in [6, 6.07) is 0. The summed E-state index contributed by atoms with van der Waals surface area (Å²) in [5, 5.41) is 17.1. The molecule has 0 bridgehead atoms. The maximum atomic E-state index is 9.48. The Morgan fingerprint density at radius 1 is 1.67 bits per heavy atom. The van der Waals surface area contributed by atoms with Gasteiger partial charge in [0.05, 0.1) is 25.2 Å². The molecule has 0 aliphatic carbocycles. The molecule has 1 saturated heterocycles. The summed E-state index contributed by atoms with van der Waals surface area (Å²) in [7, 11) is 1.86. The Kier molecular flexibility index (Phi) is 1.82. The lowest BCUT2D eigenvalue weighted by Crippen LogP contribution is -2.19. The molecule has 2 atom stereocenters. The first-order valence-corrected chi connectivity index (χ1v) is 3.88. The summed E-state index contributed by atoms with van der Waals surface area (Å²) in [6.07, 6.45) is 1.19. The fraction of sp³-hybridized carbons (Fsp3) is 0.714. The van der Waals surface area contributed by atoms with Gasteiger partial charge in [-0.25, -0.2) is 0 Å². The van der Waals surface area contributed by atoms with E-state index in [2.05, 4.69) is 10.2 Å². The number of rotatable bonds is 1. The second kappa shape index (κ2) is 2.84. The minimum absolute atomic E-state index is 0.0162. The molecule has 0 saturated carbocycles. The molecule has 0 amide bonds. The van der Waals surface area contributed by atoms with Crippen LogP contribution in [0.15, 0.2) is 6.33 Å². The van der Waals surface area contributed by atoms with Crippen molar-refractivity contribution in [1.82, 2.24) is 14.8 Å². The first-order chi connectivity index (χ1) is 5.79. The molecule has 1 N–H and O–H groups in total. The Morgan fingerprint density at radius 3 is 3.00 bits per heavy atom. The molecule has 2 unspecified atom stereocenters. The van der Waals surface area contributed by atoms with Crippen LogP contribution in [0.25, 0.3) is 0 Å². The monoisotopic (exact) mass is 169 g/mol. The minimum Gasteiger partial charge on any atom is -0.390 e. The molecule has 0 spiro atoms. The van der Waals surface area contributed by atoms with E-state index in [4.69, 9.17) is 4.74 Å². The van der Waals surface area contributed by atoms with Crippen molar-refractivity contribution in [2.45, 2.75) is 12.0 Å². The molecule has 0 radical (unpaired) electrons. The molecule has 5 nitrogen and oxygen atoms in total. The summed E-state index contributed by atoms with van der Waals surface area (Å²) in [5.74, 6) is 0.775. The predicted molar refractivity (Wildman–Crippen MR) is 40.6 cm³/mol. The van der Waals surface area contributed by atoms with Crippen molar-refractivity contribution >= 4 is 0 Å².